The molecule has 0 atom stereocenters. The van der Waals surface area contributed by atoms with Crippen LogP contribution in [-0.4, -0.2) is 30.3 Å². The number of nitroso groups, excluding NO2 is 1. The van der Waals surface area contributed by atoms with E-state index >= 15 is 0 Å². The highest BCUT2D eigenvalue weighted by molar-refractivity contribution is 5.93. The summed E-state index contributed by atoms with van der Waals surface area (Å²) in [5, 5.41) is 2.75. The summed E-state index contributed by atoms with van der Waals surface area (Å²) in [6.07, 6.45) is 0. The molecule has 1 rings (SSSR count). The largest absolute Gasteiger partial charge is 0.341 e. The van der Waals surface area contributed by atoms with Crippen molar-refractivity contribution in [3.63, 3.8) is 0 Å². The minimum Gasteiger partial charge on any atom is -0.341 e. The van der Waals surface area contributed by atoms with Gasteiger partial charge in [0.15, 0.2) is 5.54 Å². The van der Waals surface area contributed by atoms with Gasteiger partial charge in [-0.2, -0.15) is 0 Å². The second-order valence-electron chi connectivity index (χ2n) is 3.62. The van der Waals surface area contributed by atoms with Crippen molar-refractivity contribution in [2.75, 3.05) is 13.2 Å². The number of rotatable bonds is 3. The Kier molecular flexibility index (Phi) is 2.49. The Bertz CT molecular complexity index is 230. The van der Waals surface area contributed by atoms with Gasteiger partial charge in [-0.1, -0.05) is 5.18 Å². The minimum atomic E-state index is -1.29. The zero-order valence-corrected chi connectivity index (χ0v) is 7.99. The molecular weight excluding hydrogens is 174 g/mol. The maximum Gasteiger partial charge on any atom is 0.228 e. The summed E-state index contributed by atoms with van der Waals surface area (Å²) in [5.41, 5.74) is -1.29. The molecule has 74 valence electrons. The van der Waals surface area contributed by atoms with Crippen LogP contribution in [0.1, 0.15) is 20.8 Å². The van der Waals surface area contributed by atoms with Crippen LogP contribution in [0.25, 0.3) is 0 Å². The Hall–Kier alpha value is -0.810. The van der Waals surface area contributed by atoms with Crippen LogP contribution >= 0.6 is 0 Å². The first-order chi connectivity index (χ1) is 5.92. The quantitative estimate of drug-likeness (QED) is 0.615. The summed E-state index contributed by atoms with van der Waals surface area (Å²) in [5.74, 6) is -1.73. The van der Waals surface area contributed by atoms with Gasteiger partial charge in [0.05, 0.1) is 13.2 Å². The van der Waals surface area contributed by atoms with E-state index in [0.717, 1.165) is 0 Å². The first-order valence-electron chi connectivity index (χ1n) is 4.10. The maximum absolute atomic E-state index is 11.7. The van der Waals surface area contributed by atoms with Gasteiger partial charge in [-0.3, -0.25) is 4.79 Å². The van der Waals surface area contributed by atoms with Gasteiger partial charge in [-0.15, -0.1) is 4.91 Å². The van der Waals surface area contributed by atoms with Gasteiger partial charge >= 0.3 is 0 Å². The van der Waals surface area contributed by atoms with Gasteiger partial charge in [0.1, 0.15) is 0 Å². The van der Waals surface area contributed by atoms with Crippen molar-refractivity contribution in [1.29, 1.82) is 0 Å². The number of carbonyl (C=O) groups is 1. The van der Waals surface area contributed by atoms with Crippen molar-refractivity contribution in [2.45, 2.75) is 32.1 Å². The summed E-state index contributed by atoms with van der Waals surface area (Å²) >= 11 is 0. The Morgan fingerprint density at radius 3 is 2.23 bits per heavy atom. The van der Waals surface area contributed by atoms with Crippen molar-refractivity contribution in [1.82, 2.24) is 0 Å². The zero-order valence-electron chi connectivity index (χ0n) is 7.99. The van der Waals surface area contributed by atoms with Gasteiger partial charge in [0.2, 0.25) is 11.6 Å². The second-order valence-corrected chi connectivity index (χ2v) is 3.62. The third-order valence-corrected chi connectivity index (χ3v) is 2.03. The highest BCUT2D eigenvalue weighted by Gasteiger charge is 2.47. The van der Waals surface area contributed by atoms with Crippen molar-refractivity contribution >= 4 is 5.78 Å². The Balaban J connectivity index is 2.82. The van der Waals surface area contributed by atoms with Crippen LogP contribution in [0.15, 0.2) is 5.18 Å². The molecular formula is C8H13NO4. The lowest BCUT2D eigenvalue weighted by atomic mass is 9.94. The molecule has 5 nitrogen and oxygen atoms in total. The molecule has 0 spiro atoms. The van der Waals surface area contributed by atoms with Crippen LogP contribution in [0.4, 0.5) is 0 Å². The fourth-order valence-electron chi connectivity index (χ4n) is 1.24. The molecule has 1 fully saturated rings. The number of carbonyl (C=O) groups excluding carboxylic acids is 1. The number of hydrogen-bond acceptors (Lipinski definition) is 5. The van der Waals surface area contributed by atoms with E-state index in [0.29, 0.717) is 13.2 Å². The number of Topliss-reactive ketones (excluding diaryl/α,β-unsaturated/α-hetero) is 1. The van der Waals surface area contributed by atoms with Crippen LogP contribution in [0, 0.1) is 4.91 Å². The summed E-state index contributed by atoms with van der Waals surface area (Å²) in [6, 6.07) is 0. The molecule has 1 aliphatic rings. The molecule has 1 aliphatic heterocycles. The Morgan fingerprint density at radius 2 is 1.85 bits per heavy atom. The highest BCUT2D eigenvalue weighted by Crippen LogP contribution is 2.26. The van der Waals surface area contributed by atoms with Crippen molar-refractivity contribution < 1.29 is 14.3 Å². The molecule has 5 heteroatoms. The first-order valence-corrected chi connectivity index (χ1v) is 4.10. The monoisotopic (exact) mass is 187 g/mol. The lowest BCUT2D eigenvalue weighted by Gasteiger charge is -2.26. The van der Waals surface area contributed by atoms with Gasteiger partial charge in [0, 0.05) is 0 Å². The third kappa shape index (κ3) is 1.76. The average Bonchev–Trinajstić information content (AvgIpc) is 2.52. The van der Waals surface area contributed by atoms with Gasteiger partial charge < -0.3 is 9.47 Å². The Morgan fingerprint density at radius 1 is 1.38 bits per heavy atom. The molecule has 1 saturated heterocycles. The van der Waals surface area contributed by atoms with Crippen LogP contribution in [0.5, 0.6) is 0 Å². The van der Waals surface area contributed by atoms with Crippen LogP contribution in [-0.2, 0) is 14.3 Å². The van der Waals surface area contributed by atoms with Crippen molar-refractivity contribution in [3.05, 3.63) is 4.91 Å². The molecule has 13 heavy (non-hydrogen) atoms. The van der Waals surface area contributed by atoms with Crippen LogP contribution in [0.2, 0.25) is 0 Å². The number of ether oxygens (including phenoxy) is 2. The van der Waals surface area contributed by atoms with E-state index in [1.165, 1.54) is 20.8 Å². The molecule has 0 radical (unpaired) electrons. The van der Waals surface area contributed by atoms with E-state index in [1.807, 2.05) is 0 Å². The first kappa shape index (κ1) is 10.3. The van der Waals surface area contributed by atoms with Crippen molar-refractivity contribution in [2.24, 2.45) is 5.18 Å². The SMILES string of the molecule is CC(C)(N=O)C(=O)C1(C)OCCO1. The lowest BCUT2D eigenvalue weighted by molar-refractivity contribution is -0.178. The fraction of sp³-hybridized carbons (Fsp3) is 0.875. The third-order valence-electron chi connectivity index (χ3n) is 2.03. The predicted molar refractivity (Wildman–Crippen MR) is 45.2 cm³/mol. The summed E-state index contributed by atoms with van der Waals surface area (Å²) < 4.78 is 10.2. The molecule has 0 aromatic rings. The van der Waals surface area contributed by atoms with Crippen molar-refractivity contribution in [3.8, 4) is 0 Å². The van der Waals surface area contributed by atoms with E-state index in [9.17, 15) is 9.70 Å². The molecule has 0 aromatic heterocycles. The maximum atomic E-state index is 11.7. The molecule has 0 saturated carbocycles. The van der Waals surface area contributed by atoms with Crippen LogP contribution in [0.3, 0.4) is 0 Å². The number of hydrogen-bond donors (Lipinski definition) is 0. The lowest BCUT2D eigenvalue weighted by Crippen LogP contribution is -2.47. The van der Waals surface area contributed by atoms with E-state index in [-0.39, 0.29) is 0 Å². The molecule has 0 amide bonds. The predicted octanol–water partition coefficient (Wildman–Crippen LogP) is 0.863. The second kappa shape index (κ2) is 3.16. The van der Waals surface area contributed by atoms with E-state index in [2.05, 4.69) is 5.18 Å². The van der Waals surface area contributed by atoms with Gasteiger partial charge in [-0.25, -0.2) is 0 Å². The molecule has 0 aromatic carbocycles. The topological polar surface area (TPSA) is 65.0 Å². The van der Waals surface area contributed by atoms with Crippen LogP contribution < -0.4 is 0 Å². The van der Waals surface area contributed by atoms with E-state index < -0.39 is 17.1 Å². The summed E-state index contributed by atoms with van der Waals surface area (Å²) in [6.45, 7) is 5.14. The smallest absolute Gasteiger partial charge is 0.228 e. The fourth-order valence-corrected chi connectivity index (χ4v) is 1.24. The average molecular weight is 187 g/mol. The van der Waals surface area contributed by atoms with Gasteiger partial charge in [-0.05, 0) is 20.8 Å². The number of nitrogens with zero attached hydrogens (tertiary/aromatic N) is 1. The standard InChI is InChI=1S/C8H13NO4/c1-7(2,9-11)6(10)8(3)12-4-5-13-8/h4-5H2,1-3H3. The number of ketones is 1. The van der Waals surface area contributed by atoms with E-state index in [4.69, 9.17) is 9.47 Å². The summed E-state index contributed by atoms with van der Waals surface area (Å²) in [4.78, 5) is 22.1. The molecule has 0 aliphatic carbocycles. The molecule has 0 N–H and O–H groups in total. The molecule has 1 heterocycles. The molecule has 0 unspecified atom stereocenters. The molecule has 0 bridgehead atoms. The minimum absolute atomic E-state index is 0.372. The highest BCUT2D eigenvalue weighted by atomic mass is 16.7. The normalized spacial score (nSPS) is 21.5. The zero-order chi connectivity index (χ0) is 10.1. The van der Waals surface area contributed by atoms with E-state index in [1.54, 1.807) is 0 Å². The van der Waals surface area contributed by atoms with Gasteiger partial charge in [0.25, 0.3) is 0 Å². The summed E-state index contributed by atoms with van der Waals surface area (Å²) in [7, 11) is 0. The Labute approximate surface area is 76.4 Å².